The van der Waals surface area contributed by atoms with Crippen molar-refractivity contribution in [3.63, 3.8) is 0 Å². The third-order valence-corrected chi connectivity index (χ3v) is 7.38. The van der Waals surface area contributed by atoms with E-state index >= 15 is 0 Å². The summed E-state index contributed by atoms with van der Waals surface area (Å²) >= 11 is 1.90. The lowest BCUT2D eigenvalue weighted by molar-refractivity contribution is 0.109. The number of hydrogen-bond donors (Lipinski definition) is 1. The zero-order chi connectivity index (χ0) is 24.8. The molecule has 3 N–H and O–H groups in total. The molecular weight excluding hydrogens is 496 g/mol. The molecule has 0 spiro atoms. The van der Waals surface area contributed by atoms with Crippen LogP contribution in [-0.4, -0.2) is 67.7 Å². The number of ether oxygens (including phenoxy) is 1. The van der Waals surface area contributed by atoms with Crippen LogP contribution >= 0.6 is 11.8 Å². The van der Waals surface area contributed by atoms with Crippen molar-refractivity contribution in [1.29, 1.82) is 0 Å². The standard InChI is InChI=1S/C26H28N2OS.CH4O3S.H2O/c1-27-13-15-28(16-14-27)24-17-21-9-5-6-10-25(21)30-26-12-11-22(18-23(24)26)29-19-20-7-3-2-4-8-20;1-5(2,3)4;/h2-12,18,24H,13-17,19H2,1H3;1H3,(H,2,3,4);1H2. The summed E-state index contributed by atoms with van der Waals surface area (Å²) in [5, 5.41) is 0. The van der Waals surface area contributed by atoms with Crippen molar-refractivity contribution in [2.45, 2.75) is 28.9 Å². The molecule has 9 heteroatoms. The van der Waals surface area contributed by atoms with E-state index in [-0.39, 0.29) is 5.48 Å². The van der Waals surface area contributed by atoms with Crippen LogP contribution in [0.15, 0.2) is 82.6 Å². The van der Waals surface area contributed by atoms with Crippen LogP contribution in [0.25, 0.3) is 0 Å². The predicted octanol–water partition coefficient (Wildman–Crippen LogP) is 3.94. The molecule has 194 valence electrons. The van der Waals surface area contributed by atoms with Crippen LogP contribution < -0.4 is 4.74 Å². The van der Waals surface area contributed by atoms with Gasteiger partial charge in [0.1, 0.15) is 12.4 Å². The Hall–Kier alpha value is -2.40. The van der Waals surface area contributed by atoms with Gasteiger partial charge in [0.2, 0.25) is 0 Å². The van der Waals surface area contributed by atoms with E-state index in [1.54, 1.807) is 0 Å². The van der Waals surface area contributed by atoms with Crippen LogP contribution in [0.5, 0.6) is 5.75 Å². The van der Waals surface area contributed by atoms with E-state index in [0.29, 0.717) is 18.9 Å². The van der Waals surface area contributed by atoms with E-state index < -0.39 is 10.1 Å². The molecule has 2 aliphatic rings. The van der Waals surface area contributed by atoms with Gasteiger partial charge in [0, 0.05) is 42.0 Å². The third kappa shape index (κ3) is 8.06. The molecule has 36 heavy (non-hydrogen) atoms. The van der Waals surface area contributed by atoms with Crippen LogP contribution in [0.2, 0.25) is 0 Å². The van der Waals surface area contributed by atoms with Gasteiger partial charge in [0.25, 0.3) is 10.1 Å². The molecule has 0 radical (unpaired) electrons. The Morgan fingerprint density at radius 1 is 0.944 bits per heavy atom. The second-order valence-electron chi connectivity index (χ2n) is 8.98. The van der Waals surface area contributed by atoms with E-state index in [0.717, 1.165) is 38.3 Å². The van der Waals surface area contributed by atoms with Crippen LogP contribution in [0.3, 0.4) is 0 Å². The molecule has 3 aromatic carbocycles. The highest BCUT2D eigenvalue weighted by atomic mass is 32.2. The first-order valence-electron chi connectivity index (χ1n) is 11.7. The maximum atomic E-state index is 9.19. The molecular formula is C27H34N2O5S2. The van der Waals surface area contributed by atoms with E-state index in [4.69, 9.17) is 9.29 Å². The molecule has 7 nitrogen and oxygen atoms in total. The molecule has 2 heterocycles. The van der Waals surface area contributed by atoms with Gasteiger partial charge in [-0.2, -0.15) is 8.42 Å². The van der Waals surface area contributed by atoms with Crippen LogP contribution in [0.4, 0.5) is 0 Å². The molecule has 1 fully saturated rings. The summed E-state index contributed by atoms with van der Waals surface area (Å²) in [4.78, 5) is 7.84. The minimum absolute atomic E-state index is 0. The van der Waals surface area contributed by atoms with Crippen molar-refractivity contribution in [1.82, 2.24) is 9.80 Å². The molecule has 1 saturated heterocycles. The Bertz CT molecular complexity index is 1220. The summed E-state index contributed by atoms with van der Waals surface area (Å²) in [7, 11) is -1.45. The lowest BCUT2D eigenvalue weighted by atomic mass is 9.96. The largest absolute Gasteiger partial charge is 0.489 e. The topological polar surface area (TPSA) is 102 Å². The molecule has 2 aliphatic heterocycles. The first-order valence-corrected chi connectivity index (χ1v) is 14.3. The molecule has 0 bridgehead atoms. The minimum Gasteiger partial charge on any atom is -0.489 e. The maximum absolute atomic E-state index is 9.19. The van der Waals surface area contributed by atoms with Gasteiger partial charge in [0.15, 0.2) is 0 Å². The van der Waals surface area contributed by atoms with Crippen molar-refractivity contribution in [2.75, 3.05) is 39.5 Å². The van der Waals surface area contributed by atoms with Gasteiger partial charge in [-0.25, -0.2) is 0 Å². The van der Waals surface area contributed by atoms with E-state index in [1.807, 2.05) is 17.8 Å². The molecule has 1 unspecified atom stereocenters. The quantitative estimate of drug-likeness (QED) is 0.510. The zero-order valence-corrected chi connectivity index (χ0v) is 22.3. The molecule has 0 aliphatic carbocycles. The van der Waals surface area contributed by atoms with Crippen LogP contribution in [-0.2, 0) is 23.1 Å². The van der Waals surface area contributed by atoms with E-state index in [2.05, 4.69) is 83.6 Å². The summed E-state index contributed by atoms with van der Waals surface area (Å²) in [6, 6.07) is 26.3. The van der Waals surface area contributed by atoms with Gasteiger partial charge in [-0.3, -0.25) is 9.45 Å². The van der Waals surface area contributed by atoms with Gasteiger partial charge in [0.05, 0.1) is 6.26 Å². The Balaban J connectivity index is 0.000000551. The van der Waals surface area contributed by atoms with Gasteiger partial charge in [-0.1, -0.05) is 60.3 Å². The second kappa shape index (κ2) is 12.7. The number of hydrogen-bond acceptors (Lipinski definition) is 6. The molecule has 0 aromatic heterocycles. The first-order chi connectivity index (χ1) is 16.8. The molecule has 3 aromatic rings. The van der Waals surface area contributed by atoms with Crippen LogP contribution in [0, 0.1) is 0 Å². The smallest absolute Gasteiger partial charge is 0.261 e. The molecule has 1 atom stereocenters. The third-order valence-electron chi connectivity index (χ3n) is 6.17. The molecule has 0 amide bonds. The highest BCUT2D eigenvalue weighted by Crippen LogP contribution is 2.44. The highest BCUT2D eigenvalue weighted by molar-refractivity contribution is 7.99. The fourth-order valence-corrected chi connectivity index (χ4v) is 5.49. The van der Waals surface area contributed by atoms with Gasteiger partial charge < -0.3 is 15.1 Å². The maximum Gasteiger partial charge on any atom is 0.261 e. The van der Waals surface area contributed by atoms with Gasteiger partial charge >= 0.3 is 0 Å². The molecule has 5 rings (SSSR count). The average Bonchev–Trinajstić information content (AvgIpc) is 2.99. The average molecular weight is 531 g/mol. The van der Waals surface area contributed by atoms with E-state index in [1.165, 1.54) is 26.5 Å². The van der Waals surface area contributed by atoms with E-state index in [9.17, 15) is 8.42 Å². The normalized spacial score (nSPS) is 17.9. The summed E-state index contributed by atoms with van der Waals surface area (Å²) < 4.78 is 32.1. The molecule has 0 saturated carbocycles. The number of rotatable bonds is 4. The fourth-order valence-electron chi connectivity index (χ4n) is 4.38. The Morgan fingerprint density at radius 3 is 2.28 bits per heavy atom. The SMILES string of the molecule is CN1CCN(C2Cc3ccccc3Sc3ccc(OCc4ccccc4)cc32)CC1.CS(=O)(=O)O.O. The number of benzene rings is 3. The van der Waals surface area contributed by atoms with Gasteiger partial charge in [-0.05, 0) is 54.4 Å². The number of piperazine rings is 1. The number of fused-ring (bicyclic) bond motifs is 2. The summed E-state index contributed by atoms with van der Waals surface area (Å²) in [5.41, 5.74) is 4.06. The van der Waals surface area contributed by atoms with Crippen molar-refractivity contribution >= 4 is 21.9 Å². The lowest BCUT2D eigenvalue weighted by Gasteiger charge is -2.38. The van der Waals surface area contributed by atoms with Crippen molar-refractivity contribution in [2.24, 2.45) is 0 Å². The highest BCUT2D eigenvalue weighted by Gasteiger charge is 2.29. The van der Waals surface area contributed by atoms with Gasteiger partial charge in [-0.15, -0.1) is 0 Å². The monoisotopic (exact) mass is 530 g/mol. The lowest BCUT2D eigenvalue weighted by Crippen LogP contribution is -2.46. The Labute approximate surface area is 218 Å². The van der Waals surface area contributed by atoms with Crippen LogP contribution in [0.1, 0.15) is 22.7 Å². The summed E-state index contributed by atoms with van der Waals surface area (Å²) in [6.07, 6.45) is 1.77. The predicted molar refractivity (Wildman–Crippen MR) is 144 cm³/mol. The zero-order valence-electron chi connectivity index (χ0n) is 20.6. The summed E-state index contributed by atoms with van der Waals surface area (Å²) in [5.74, 6) is 0.961. The van der Waals surface area contributed by atoms with Crippen molar-refractivity contribution in [3.8, 4) is 5.75 Å². The fraction of sp³-hybridized carbons (Fsp3) is 0.333. The second-order valence-corrected chi connectivity index (χ2v) is 11.5. The minimum atomic E-state index is -3.67. The van der Waals surface area contributed by atoms with Crippen molar-refractivity contribution < 1.29 is 23.2 Å². The Kier molecular flexibility index (Phi) is 9.95. The number of nitrogens with zero attached hydrogens (tertiary/aromatic N) is 2. The number of likely N-dealkylation sites (N-methyl/N-ethyl adjacent to an activating group) is 1. The Morgan fingerprint density at radius 2 is 1.58 bits per heavy atom. The summed E-state index contributed by atoms with van der Waals surface area (Å²) in [6.45, 7) is 5.09. The first kappa shape index (κ1) is 28.2. The van der Waals surface area contributed by atoms with Crippen molar-refractivity contribution in [3.05, 3.63) is 89.5 Å².